The van der Waals surface area contributed by atoms with Crippen LogP contribution in [-0.4, -0.2) is 30.6 Å². The molecule has 1 amide bonds. The average Bonchev–Trinajstić information content (AvgIpc) is 2.32. The Bertz CT molecular complexity index is 488. The molecule has 1 aliphatic rings. The summed E-state index contributed by atoms with van der Waals surface area (Å²) in [7, 11) is 1.61. The molecule has 17 heavy (non-hydrogen) atoms. The molecule has 0 radical (unpaired) electrons. The molecule has 0 aromatic heterocycles. The number of benzene rings is 1. The Morgan fingerprint density at radius 3 is 2.94 bits per heavy atom. The van der Waals surface area contributed by atoms with Gasteiger partial charge in [-0.05, 0) is 17.7 Å². The number of alkyl halides is 1. The van der Waals surface area contributed by atoms with E-state index in [1.165, 1.54) is 4.90 Å². The van der Waals surface area contributed by atoms with Crippen molar-refractivity contribution in [2.24, 2.45) is 0 Å². The highest BCUT2D eigenvalue weighted by Gasteiger charge is 2.25. The molecule has 1 heterocycles. The summed E-state index contributed by atoms with van der Waals surface area (Å²) in [6, 6.07) is 4.75. The molecule has 0 saturated heterocycles. The Balaban J connectivity index is 2.42. The molecule has 2 rings (SSSR count). The quantitative estimate of drug-likeness (QED) is 0.812. The van der Waals surface area contributed by atoms with E-state index in [9.17, 15) is 9.59 Å². The van der Waals surface area contributed by atoms with Crippen molar-refractivity contribution in [2.45, 2.75) is 5.38 Å². The molecule has 1 atom stereocenters. The molecular formula is C11H10ClNO4. The lowest BCUT2D eigenvalue weighted by Crippen LogP contribution is -2.35. The molecule has 6 heteroatoms. The summed E-state index contributed by atoms with van der Waals surface area (Å²) in [4.78, 5) is 23.6. The summed E-state index contributed by atoms with van der Waals surface area (Å²) in [5.41, 5.74) is 0.953. The van der Waals surface area contributed by atoms with Gasteiger partial charge in [-0.25, -0.2) is 0 Å². The van der Waals surface area contributed by atoms with Gasteiger partial charge in [0.25, 0.3) is 5.91 Å². The molecule has 0 saturated carbocycles. The number of hydrogen-bond donors (Lipinski definition) is 1. The topological polar surface area (TPSA) is 66.8 Å². The average molecular weight is 256 g/mol. The van der Waals surface area contributed by atoms with Crippen LogP contribution in [0, 0.1) is 0 Å². The molecule has 1 unspecified atom stereocenters. The van der Waals surface area contributed by atoms with E-state index >= 15 is 0 Å². The third-order valence-corrected chi connectivity index (χ3v) is 3.02. The Morgan fingerprint density at radius 2 is 2.29 bits per heavy atom. The predicted octanol–water partition coefficient (Wildman–Crippen LogP) is 1.41. The van der Waals surface area contributed by atoms with E-state index in [0.29, 0.717) is 17.0 Å². The molecule has 1 aliphatic heterocycles. The minimum absolute atomic E-state index is 0.00786. The van der Waals surface area contributed by atoms with Gasteiger partial charge < -0.3 is 14.7 Å². The van der Waals surface area contributed by atoms with E-state index < -0.39 is 11.3 Å². The third-order valence-electron chi connectivity index (χ3n) is 2.58. The monoisotopic (exact) mass is 255 g/mol. The summed E-state index contributed by atoms with van der Waals surface area (Å²) in [6.07, 6.45) is 0. The fourth-order valence-electron chi connectivity index (χ4n) is 1.59. The molecular weight excluding hydrogens is 246 g/mol. The van der Waals surface area contributed by atoms with Crippen LogP contribution in [0.1, 0.15) is 10.9 Å². The zero-order chi connectivity index (χ0) is 12.6. The molecule has 1 aromatic carbocycles. The summed E-state index contributed by atoms with van der Waals surface area (Å²) < 4.78 is 5.22. The zero-order valence-corrected chi connectivity index (χ0v) is 9.77. The van der Waals surface area contributed by atoms with Crippen molar-refractivity contribution < 1.29 is 19.4 Å². The first-order chi connectivity index (χ1) is 8.00. The number of likely N-dealkylation sites (N-methyl/N-ethyl adjacent to an activating group) is 1. The second-order valence-corrected chi connectivity index (χ2v) is 4.11. The Labute approximate surface area is 103 Å². The standard InChI is InChI=1S/C11H10ClNO4/c1-13-7-4-6(10(12)11(15)16)2-3-8(7)17-5-9(13)14/h2-4,10H,5H2,1H3,(H,15,16). The third kappa shape index (κ3) is 2.06. The van der Waals surface area contributed by atoms with Gasteiger partial charge in [0.1, 0.15) is 5.75 Å². The zero-order valence-electron chi connectivity index (χ0n) is 9.01. The van der Waals surface area contributed by atoms with Gasteiger partial charge in [0, 0.05) is 7.05 Å². The number of carbonyl (C=O) groups is 2. The number of aliphatic carboxylic acids is 1. The highest BCUT2D eigenvalue weighted by atomic mass is 35.5. The first-order valence-electron chi connectivity index (χ1n) is 4.91. The van der Waals surface area contributed by atoms with Crippen LogP contribution in [0.3, 0.4) is 0 Å². The van der Waals surface area contributed by atoms with Crippen LogP contribution in [0.2, 0.25) is 0 Å². The lowest BCUT2D eigenvalue weighted by Gasteiger charge is -2.26. The van der Waals surface area contributed by atoms with E-state index in [2.05, 4.69) is 0 Å². The first kappa shape index (κ1) is 11.7. The Hall–Kier alpha value is -1.75. The smallest absolute Gasteiger partial charge is 0.326 e. The maximum Gasteiger partial charge on any atom is 0.326 e. The fraction of sp³-hybridized carbons (Fsp3) is 0.273. The molecule has 0 fully saturated rings. The van der Waals surface area contributed by atoms with Crippen molar-refractivity contribution in [3.63, 3.8) is 0 Å². The van der Waals surface area contributed by atoms with Gasteiger partial charge in [-0.3, -0.25) is 9.59 Å². The first-order valence-corrected chi connectivity index (χ1v) is 5.34. The van der Waals surface area contributed by atoms with Gasteiger partial charge in [0.2, 0.25) is 0 Å². The number of halogens is 1. The summed E-state index contributed by atoms with van der Waals surface area (Å²) in [5.74, 6) is -0.765. The number of anilines is 1. The summed E-state index contributed by atoms with van der Waals surface area (Å²) >= 11 is 5.72. The normalized spacial score (nSPS) is 16.1. The number of carboxylic acids is 1. The molecule has 0 bridgehead atoms. The fourth-order valence-corrected chi connectivity index (χ4v) is 1.73. The van der Waals surface area contributed by atoms with E-state index in [-0.39, 0.29) is 12.5 Å². The number of ether oxygens (including phenoxy) is 1. The Morgan fingerprint density at radius 1 is 1.59 bits per heavy atom. The van der Waals surface area contributed by atoms with E-state index in [4.69, 9.17) is 21.4 Å². The van der Waals surface area contributed by atoms with Crippen LogP contribution in [0.15, 0.2) is 18.2 Å². The van der Waals surface area contributed by atoms with Gasteiger partial charge in [-0.1, -0.05) is 6.07 Å². The van der Waals surface area contributed by atoms with E-state index in [0.717, 1.165) is 0 Å². The van der Waals surface area contributed by atoms with Crippen LogP contribution in [-0.2, 0) is 9.59 Å². The SMILES string of the molecule is CN1C(=O)COc2ccc(C(Cl)C(=O)O)cc21. The number of hydrogen-bond acceptors (Lipinski definition) is 3. The van der Waals surface area contributed by atoms with Crippen molar-refractivity contribution in [3.8, 4) is 5.75 Å². The number of fused-ring (bicyclic) bond motifs is 1. The van der Waals surface area contributed by atoms with Crippen molar-refractivity contribution >= 4 is 29.2 Å². The maximum absolute atomic E-state index is 11.4. The molecule has 0 spiro atoms. The molecule has 0 aliphatic carbocycles. The van der Waals surface area contributed by atoms with Gasteiger partial charge >= 0.3 is 5.97 Å². The van der Waals surface area contributed by atoms with Gasteiger partial charge in [-0.15, -0.1) is 11.6 Å². The Kier molecular flexibility index (Phi) is 2.93. The van der Waals surface area contributed by atoms with Crippen LogP contribution in [0.25, 0.3) is 0 Å². The predicted molar refractivity (Wildman–Crippen MR) is 61.6 cm³/mol. The number of rotatable bonds is 2. The number of carboxylic acid groups (broad SMARTS) is 1. The molecule has 1 N–H and O–H groups in total. The van der Waals surface area contributed by atoms with Crippen LogP contribution in [0.5, 0.6) is 5.75 Å². The van der Waals surface area contributed by atoms with Crippen LogP contribution in [0.4, 0.5) is 5.69 Å². The van der Waals surface area contributed by atoms with Crippen LogP contribution >= 0.6 is 11.6 Å². The minimum Gasteiger partial charge on any atom is -0.482 e. The van der Waals surface area contributed by atoms with Crippen molar-refractivity contribution in [1.82, 2.24) is 0 Å². The van der Waals surface area contributed by atoms with E-state index in [1.807, 2.05) is 0 Å². The highest BCUT2D eigenvalue weighted by molar-refractivity contribution is 6.29. The lowest BCUT2D eigenvalue weighted by molar-refractivity contribution is -0.136. The van der Waals surface area contributed by atoms with Crippen molar-refractivity contribution in [1.29, 1.82) is 0 Å². The summed E-state index contributed by atoms with van der Waals surface area (Å²) in [5, 5.41) is 7.68. The number of nitrogens with zero attached hydrogens (tertiary/aromatic N) is 1. The largest absolute Gasteiger partial charge is 0.482 e. The molecule has 5 nitrogen and oxygen atoms in total. The second kappa shape index (κ2) is 4.25. The number of amides is 1. The maximum atomic E-state index is 11.4. The van der Waals surface area contributed by atoms with Crippen molar-refractivity contribution in [2.75, 3.05) is 18.6 Å². The minimum atomic E-state index is -1.13. The second-order valence-electron chi connectivity index (χ2n) is 3.67. The molecule has 1 aromatic rings. The summed E-state index contributed by atoms with van der Waals surface area (Å²) in [6.45, 7) is -0.00786. The van der Waals surface area contributed by atoms with Gasteiger partial charge in [-0.2, -0.15) is 0 Å². The lowest BCUT2D eigenvalue weighted by atomic mass is 10.1. The van der Waals surface area contributed by atoms with Crippen molar-refractivity contribution in [3.05, 3.63) is 23.8 Å². The van der Waals surface area contributed by atoms with Crippen LogP contribution < -0.4 is 9.64 Å². The van der Waals surface area contributed by atoms with Gasteiger partial charge in [0.05, 0.1) is 5.69 Å². The van der Waals surface area contributed by atoms with Gasteiger partial charge in [0.15, 0.2) is 12.0 Å². The van der Waals surface area contributed by atoms with E-state index in [1.54, 1.807) is 25.2 Å². The number of carbonyl (C=O) groups excluding carboxylic acids is 1. The highest BCUT2D eigenvalue weighted by Crippen LogP contribution is 2.34. The molecule has 90 valence electrons.